The number of allylic oxidation sites excluding steroid dienone is 2. The Kier molecular flexibility index (Phi) is 5.58. The second-order valence-corrected chi connectivity index (χ2v) is 9.50. The molecule has 8 nitrogen and oxygen atoms in total. The van der Waals surface area contributed by atoms with Crippen LogP contribution in [0.1, 0.15) is 63.7 Å². The molecular weight excluding hydrogens is 460 g/mol. The van der Waals surface area contributed by atoms with Crippen molar-refractivity contribution in [1.82, 2.24) is 5.32 Å². The van der Waals surface area contributed by atoms with E-state index in [1.165, 1.54) is 6.07 Å². The van der Waals surface area contributed by atoms with E-state index >= 15 is 0 Å². The summed E-state index contributed by atoms with van der Waals surface area (Å²) in [4.78, 5) is 27.3. The third-order valence-corrected chi connectivity index (χ3v) is 7.46. The number of carbonyl (C=O) groups is 2. The van der Waals surface area contributed by atoms with E-state index in [1.807, 2.05) is 0 Å². The molecule has 0 spiro atoms. The molecule has 2 aromatic carbocycles. The maximum atomic E-state index is 13.8. The zero-order chi connectivity index (χ0) is 26.0. The number of phenols is 1. The number of nitrogens with one attached hydrogen (secondary N) is 2. The van der Waals surface area contributed by atoms with Crippen molar-refractivity contribution in [3.8, 4) is 17.6 Å². The van der Waals surface area contributed by atoms with E-state index in [9.17, 15) is 24.9 Å². The van der Waals surface area contributed by atoms with Gasteiger partial charge in [0.05, 0.1) is 29.0 Å². The van der Waals surface area contributed by atoms with Crippen LogP contribution in [0.4, 0.5) is 5.69 Å². The summed E-state index contributed by atoms with van der Waals surface area (Å²) in [6.07, 6.45) is 0.893. The Morgan fingerprint density at radius 1 is 1.19 bits per heavy atom. The third kappa shape index (κ3) is 2.98. The predicted octanol–water partition coefficient (Wildman–Crippen LogP) is 1.99. The smallest absolute Gasteiger partial charge is 0.198 e. The molecule has 0 aromatic heterocycles. The highest BCUT2D eigenvalue weighted by atomic mass is 16.7. The number of phenolic OH excluding ortho intramolecular Hbond substituents is 1. The number of anilines is 1. The lowest BCUT2D eigenvalue weighted by atomic mass is 9.70. The summed E-state index contributed by atoms with van der Waals surface area (Å²) in [5.74, 6) is 4.23. The third-order valence-electron chi connectivity index (χ3n) is 7.46. The minimum absolute atomic E-state index is 0.0263. The molecule has 5 atom stereocenters. The van der Waals surface area contributed by atoms with Crippen LogP contribution in [0, 0.1) is 11.8 Å². The first kappa shape index (κ1) is 24.2. The molecule has 0 saturated carbocycles. The van der Waals surface area contributed by atoms with Crippen LogP contribution in [-0.4, -0.2) is 57.8 Å². The number of fused-ring (bicyclic) bond motifs is 6. The Bertz CT molecular complexity index is 1400. The largest absolute Gasteiger partial charge is 0.507 e. The first-order valence-corrected chi connectivity index (χ1v) is 11.9. The summed E-state index contributed by atoms with van der Waals surface area (Å²) in [5, 5.41) is 39.3. The summed E-state index contributed by atoms with van der Waals surface area (Å²) in [6, 6.07) is 5.84. The lowest BCUT2D eigenvalue weighted by Crippen LogP contribution is -2.54. The molecule has 5 rings (SSSR count). The minimum atomic E-state index is -1.51. The molecule has 0 bridgehead atoms. The molecule has 1 aliphatic carbocycles. The van der Waals surface area contributed by atoms with E-state index in [0.717, 1.165) is 5.56 Å². The highest BCUT2D eigenvalue weighted by molar-refractivity contribution is 6.31. The SMILES string of the molecule is CC=CC#CC(O)C12OC1(C(C)O)C(C)Nc1c2cc(O)c2c1C(=O)c1ccc(CNC)cc1C2=O. The fourth-order valence-electron chi connectivity index (χ4n) is 5.86. The number of aliphatic hydroxyl groups excluding tert-OH is 2. The number of benzene rings is 2. The predicted molar refractivity (Wildman–Crippen MR) is 133 cm³/mol. The lowest BCUT2D eigenvalue weighted by molar-refractivity contribution is 0.0803. The normalized spacial score (nSPS) is 27.1. The Morgan fingerprint density at radius 2 is 1.92 bits per heavy atom. The number of ether oxygens (including phenoxy) is 1. The van der Waals surface area contributed by atoms with Gasteiger partial charge in [0.15, 0.2) is 28.9 Å². The van der Waals surface area contributed by atoms with Gasteiger partial charge >= 0.3 is 0 Å². The van der Waals surface area contributed by atoms with E-state index in [2.05, 4.69) is 22.5 Å². The molecule has 0 amide bonds. The zero-order valence-electron chi connectivity index (χ0n) is 20.5. The van der Waals surface area contributed by atoms with Gasteiger partial charge in [0.25, 0.3) is 0 Å². The summed E-state index contributed by atoms with van der Waals surface area (Å²) in [6.45, 7) is 5.64. The average Bonchev–Trinajstić information content (AvgIpc) is 3.57. The van der Waals surface area contributed by atoms with Crippen LogP contribution in [-0.2, 0) is 16.9 Å². The van der Waals surface area contributed by atoms with Crippen molar-refractivity contribution in [2.45, 2.75) is 56.8 Å². The molecule has 36 heavy (non-hydrogen) atoms. The van der Waals surface area contributed by atoms with E-state index in [1.54, 1.807) is 58.2 Å². The minimum Gasteiger partial charge on any atom is -0.507 e. The molecule has 1 saturated heterocycles. The summed E-state index contributed by atoms with van der Waals surface area (Å²) in [7, 11) is 1.78. The lowest BCUT2D eigenvalue weighted by Gasteiger charge is -2.38. The van der Waals surface area contributed by atoms with Crippen molar-refractivity contribution in [3.63, 3.8) is 0 Å². The van der Waals surface area contributed by atoms with Crippen molar-refractivity contribution in [2.75, 3.05) is 12.4 Å². The number of hydrogen-bond acceptors (Lipinski definition) is 8. The Morgan fingerprint density at radius 3 is 2.58 bits per heavy atom. The van der Waals surface area contributed by atoms with E-state index < -0.39 is 46.8 Å². The molecule has 2 heterocycles. The average molecular weight is 489 g/mol. The first-order chi connectivity index (χ1) is 17.1. The van der Waals surface area contributed by atoms with Crippen molar-refractivity contribution < 1.29 is 29.6 Å². The number of rotatable bonds is 4. The summed E-state index contributed by atoms with van der Waals surface area (Å²) < 4.78 is 6.16. The Hall–Kier alpha value is -3.48. The molecule has 1 fully saturated rings. The van der Waals surface area contributed by atoms with Gasteiger partial charge in [0, 0.05) is 23.2 Å². The number of carbonyl (C=O) groups excluding carboxylic acids is 2. The van der Waals surface area contributed by atoms with Gasteiger partial charge in [-0.3, -0.25) is 9.59 Å². The molecule has 186 valence electrons. The molecule has 5 unspecified atom stereocenters. The quantitative estimate of drug-likeness (QED) is 0.214. The maximum absolute atomic E-state index is 13.8. The monoisotopic (exact) mass is 488 g/mol. The van der Waals surface area contributed by atoms with E-state index in [0.29, 0.717) is 12.2 Å². The van der Waals surface area contributed by atoms with E-state index in [-0.39, 0.29) is 27.8 Å². The van der Waals surface area contributed by atoms with Gasteiger partial charge in [-0.2, -0.15) is 0 Å². The van der Waals surface area contributed by atoms with Gasteiger partial charge in [0.2, 0.25) is 0 Å². The molecule has 8 heteroatoms. The standard InChI is InChI=1S/C28H28N2O6/c1-5-6-7-8-21(33)28-19-12-20(32)22-23(24(19)30-14(2)27(28,36-28)15(3)31)25(34)17-10-9-16(13-29-4)11-18(17)26(22)35/h5-6,9-12,14-15,21,29-33H,13H2,1-4H3. The van der Waals surface area contributed by atoms with Crippen molar-refractivity contribution in [2.24, 2.45) is 0 Å². The summed E-state index contributed by atoms with van der Waals surface area (Å²) in [5.41, 5.74) is -0.973. The van der Waals surface area contributed by atoms with Gasteiger partial charge in [-0.1, -0.05) is 24.0 Å². The number of ketones is 2. The van der Waals surface area contributed by atoms with Gasteiger partial charge in [0.1, 0.15) is 5.75 Å². The molecule has 3 aliphatic rings. The van der Waals surface area contributed by atoms with Gasteiger partial charge in [-0.25, -0.2) is 0 Å². The molecule has 0 radical (unpaired) electrons. The van der Waals surface area contributed by atoms with Crippen LogP contribution < -0.4 is 10.6 Å². The highest BCUT2D eigenvalue weighted by Crippen LogP contribution is 2.67. The molecular formula is C28H28N2O6. The summed E-state index contributed by atoms with van der Waals surface area (Å²) >= 11 is 0. The van der Waals surface area contributed by atoms with Gasteiger partial charge in [-0.15, -0.1) is 0 Å². The topological polar surface area (TPSA) is 131 Å². The van der Waals surface area contributed by atoms with Crippen molar-refractivity contribution in [1.29, 1.82) is 0 Å². The zero-order valence-corrected chi connectivity index (χ0v) is 20.5. The number of aliphatic hydroxyl groups is 2. The van der Waals surface area contributed by atoms with Crippen LogP contribution >= 0.6 is 0 Å². The molecule has 2 aliphatic heterocycles. The number of epoxide rings is 1. The van der Waals surface area contributed by atoms with Gasteiger partial charge < -0.3 is 30.7 Å². The highest BCUT2D eigenvalue weighted by Gasteiger charge is 2.81. The number of hydrogen-bond donors (Lipinski definition) is 5. The second kappa shape index (κ2) is 8.29. The van der Waals surface area contributed by atoms with Crippen LogP contribution in [0.5, 0.6) is 5.75 Å². The Labute approximate surface area is 209 Å². The maximum Gasteiger partial charge on any atom is 0.198 e. The van der Waals surface area contributed by atoms with Crippen molar-refractivity contribution in [3.05, 3.63) is 69.8 Å². The fraction of sp³-hybridized carbons (Fsp3) is 0.357. The molecule has 2 aromatic rings. The van der Waals surface area contributed by atoms with Crippen LogP contribution in [0.3, 0.4) is 0 Å². The molecule has 5 N–H and O–H groups in total. The van der Waals surface area contributed by atoms with Crippen LogP contribution in [0.2, 0.25) is 0 Å². The Balaban J connectivity index is 1.74. The van der Waals surface area contributed by atoms with Crippen molar-refractivity contribution >= 4 is 17.3 Å². The van der Waals surface area contributed by atoms with Crippen LogP contribution in [0.15, 0.2) is 36.4 Å². The number of aromatic hydroxyl groups is 1. The fourth-order valence-corrected chi connectivity index (χ4v) is 5.86. The van der Waals surface area contributed by atoms with Gasteiger partial charge in [-0.05, 0) is 57.7 Å². The first-order valence-electron chi connectivity index (χ1n) is 11.9. The van der Waals surface area contributed by atoms with Crippen LogP contribution in [0.25, 0.3) is 0 Å². The van der Waals surface area contributed by atoms with E-state index in [4.69, 9.17) is 4.74 Å². The second-order valence-electron chi connectivity index (χ2n) is 9.50.